The lowest BCUT2D eigenvalue weighted by Crippen LogP contribution is -2.44. The lowest BCUT2D eigenvalue weighted by atomic mass is 9.98. The van der Waals surface area contributed by atoms with Crippen molar-refractivity contribution >= 4 is 15.8 Å². The Balaban J connectivity index is 1.53. The fraction of sp³-hybridized carbons (Fsp3) is 0.684. The van der Waals surface area contributed by atoms with Crippen molar-refractivity contribution in [3.63, 3.8) is 0 Å². The Kier molecular flexibility index (Phi) is 6.93. The fourth-order valence-electron chi connectivity index (χ4n) is 3.52. The predicted octanol–water partition coefficient (Wildman–Crippen LogP) is 2.04. The van der Waals surface area contributed by atoms with E-state index in [9.17, 15) is 8.42 Å². The zero-order valence-corrected chi connectivity index (χ0v) is 16.8. The van der Waals surface area contributed by atoms with E-state index in [0.29, 0.717) is 30.9 Å². The van der Waals surface area contributed by atoms with Crippen LogP contribution in [0.25, 0.3) is 0 Å². The molecule has 1 aromatic rings. The topological polar surface area (TPSA) is 92.7 Å². The van der Waals surface area contributed by atoms with Crippen LogP contribution in [0.3, 0.4) is 0 Å². The second kappa shape index (κ2) is 9.39. The molecule has 27 heavy (non-hydrogen) atoms. The van der Waals surface area contributed by atoms with Crippen molar-refractivity contribution in [1.29, 1.82) is 0 Å². The summed E-state index contributed by atoms with van der Waals surface area (Å²) in [7, 11) is -2.91. The molecule has 1 saturated heterocycles. The van der Waals surface area contributed by atoms with E-state index in [4.69, 9.17) is 4.74 Å². The molecule has 7 nitrogen and oxygen atoms in total. The van der Waals surface area contributed by atoms with Crippen LogP contribution in [0.5, 0.6) is 5.88 Å². The summed E-state index contributed by atoms with van der Waals surface area (Å²) in [6.45, 7) is 3.19. The molecule has 8 heteroatoms. The first kappa shape index (κ1) is 19.9. The van der Waals surface area contributed by atoms with Crippen molar-refractivity contribution in [2.45, 2.75) is 64.1 Å². The zero-order chi connectivity index (χ0) is 19.1. The Morgan fingerprint density at radius 3 is 2.70 bits per heavy atom. The average Bonchev–Trinajstić information content (AvgIpc) is 3.00. The van der Waals surface area contributed by atoms with Gasteiger partial charge in [0.05, 0.1) is 18.1 Å². The summed E-state index contributed by atoms with van der Waals surface area (Å²) in [5, 5.41) is 6.39. The van der Waals surface area contributed by atoms with Gasteiger partial charge in [0, 0.05) is 24.8 Å². The average molecular weight is 395 g/mol. The molecule has 3 rings (SSSR count). The van der Waals surface area contributed by atoms with Gasteiger partial charge in [-0.05, 0) is 44.6 Å². The first-order valence-electron chi connectivity index (χ1n) is 9.91. The molecule has 1 aliphatic heterocycles. The molecule has 1 atom stereocenters. The van der Waals surface area contributed by atoms with Gasteiger partial charge in [0.15, 0.2) is 15.8 Å². The zero-order valence-electron chi connectivity index (χ0n) is 16.0. The first-order valence-corrected chi connectivity index (χ1v) is 11.7. The molecule has 0 spiro atoms. The van der Waals surface area contributed by atoms with Crippen LogP contribution in [0.2, 0.25) is 0 Å². The molecule has 2 aliphatic rings. The SMILES string of the molecule is CCNC(=NCc1ccc(OC2CCCCC2)nc1)NC1CCS(=O)(=O)C1. The molecular weight excluding hydrogens is 364 g/mol. The molecular formula is C19H30N4O3S. The highest BCUT2D eigenvalue weighted by Crippen LogP contribution is 2.22. The number of rotatable bonds is 6. The molecule has 2 N–H and O–H groups in total. The minimum atomic E-state index is -2.91. The Hall–Kier alpha value is -1.83. The summed E-state index contributed by atoms with van der Waals surface area (Å²) in [5.41, 5.74) is 0.988. The van der Waals surface area contributed by atoms with E-state index in [1.807, 2.05) is 19.1 Å². The number of guanidine groups is 1. The highest BCUT2D eigenvalue weighted by molar-refractivity contribution is 7.91. The number of aliphatic imine (C=N–C) groups is 1. The standard InChI is InChI=1S/C19H30N4O3S/c1-2-20-19(23-16-10-11-27(24,25)14-16)22-13-15-8-9-18(21-12-15)26-17-6-4-3-5-7-17/h8-9,12,16-17H,2-7,10-11,13-14H2,1H3,(H2,20,22,23). The van der Waals surface area contributed by atoms with Gasteiger partial charge in [0.1, 0.15) is 6.10 Å². The summed E-state index contributed by atoms with van der Waals surface area (Å²) in [4.78, 5) is 8.97. The van der Waals surface area contributed by atoms with E-state index >= 15 is 0 Å². The van der Waals surface area contributed by atoms with Gasteiger partial charge in [-0.1, -0.05) is 12.5 Å². The molecule has 0 amide bonds. The molecule has 1 aromatic heterocycles. The first-order chi connectivity index (χ1) is 13.0. The van der Waals surface area contributed by atoms with Crippen LogP contribution in [0, 0.1) is 0 Å². The smallest absolute Gasteiger partial charge is 0.213 e. The monoisotopic (exact) mass is 394 g/mol. The lowest BCUT2D eigenvalue weighted by Gasteiger charge is -2.22. The number of sulfone groups is 1. The third-order valence-electron chi connectivity index (χ3n) is 4.97. The van der Waals surface area contributed by atoms with Gasteiger partial charge in [0.2, 0.25) is 5.88 Å². The molecule has 2 fully saturated rings. The van der Waals surface area contributed by atoms with Crippen LogP contribution in [-0.4, -0.2) is 49.6 Å². The highest BCUT2D eigenvalue weighted by Gasteiger charge is 2.28. The molecule has 1 aliphatic carbocycles. The van der Waals surface area contributed by atoms with Crippen LogP contribution in [-0.2, 0) is 16.4 Å². The van der Waals surface area contributed by atoms with Gasteiger partial charge in [-0.3, -0.25) is 0 Å². The van der Waals surface area contributed by atoms with Crippen molar-refractivity contribution in [2.24, 2.45) is 4.99 Å². The molecule has 0 bridgehead atoms. The molecule has 150 valence electrons. The second-order valence-corrected chi connectivity index (χ2v) is 9.55. The molecule has 0 aromatic carbocycles. The Bertz CT molecular complexity index is 728. The van der Waals surface area contributed by atoms with E-state index in [2.05, 4.69) is 20.6 Å². The number of hydrogen-bond donors (Lipinski definition) is 2. The van der Waals surface area contributed by atoms with E-state index in [-0.39, 0.29) is 17.5 Å². The van der Waals surface area contributed by atoms with Crippen molar-refractivity contribution < 1.29 is 13.2 Å². The minimum Gasteiger partial charge on any atom is -0.474 e. The lowest BCUT2D eigenvalue weighted by molar-refractivity contribution is 0.148. The number of hydrogen-bond acceptors (Lipinski definition) is 5. The van der Waals surface area contributed by atoms with Crippen LogP contribution in [0.15, 0.2) is 23.3 Å². The van der Waals surface area contributed by atoms with Crippen LogP contribution < -0.4 is 15.4 Å². The Labute approximate surface area is 161 Å². The van der Waals surface area contributed by atoms with E-state index in [0.717, 1.165) is 24.9 Å². The van der Waals surface area contributed by atoms with Crippen molar-refractivity contribution in [2.75, 3.05) is 18.1 Å². The van der Waals surface area contributed by atoms with Crippen LogP contribution >= 0.6 is 0 Å². The van der Waals surface area contributed by atoms with E-state index < -0.39 is 9.84 Å². The number of aromatic nitrogens is 1. The van der Waals surface area contributed by atoms with Gasteiger partial charge >= 0.3 is 0 Å². The largest absolute Gasteiger partial charge is 0.474 e. The van der Waals surface area contributed by atoms with Gasteiger partial charge in [-0.15, -0.1) is 0 Å². The normalized spacial score (nSPS) is 23.1. The maximum atomic E-state index is 11.6. The molecule has 2 heterocycles. The number of nitrogens with one attached hydrogen (secondary N) is 2. The molecule has 0 radical (unpaired) electrons. The number of pyridine rings is 1. The van der Waals surface area contributed by atoms with Gasteiger partial charge < -0.3 is 15.4 Å². The van der Waals surface area contributed by atoms with Crippen molar-refractivity contribution in [3.05, 3.63) is 23.9 Å². The molecule has 1 unspecified atom stereocenters. The third kappa shape index (κ3) is 6.37. The van der Waals surface area contributed by atoms with Gasteiger partial charge in [0.25, 0.3) is 0 Å². The van der Waals surface area contributed by atoms with Crippen molar-refractivity contribution in [1.82, 2.24) is 15.6 Å². The summed E-state index contributed by atoms with van der Waals surface area (Å²) < 4.78 is 29.2. The van der Waals surface area contributed by atoms with Crippen LogP contribution in [0.4, 0.5) is 0 Å². The van der Waals surface area contributed by atoms with E-state index in [1.165, 1.54) is 19.3 Å². The fourth-order valence-corrected chi connectivity index (χ4v) is 5.19. The maximum Gasteiger partial charge on any atom is 0.213 e. The number of nitrogens with zero attached hydrogens (tertiary/aromatic N) is 2. The summed E-state index contributed by atoms with van der Waals surface area (Å²) in [6.07, 6.45) is 8.72. The predicted molar refractivity (Wildman–Crippen MR) is 107 cm³/mol. The van der Waals surface area contributed by atoms with Crippen LogP contribution in [0.1, 0.15) is 51.0 Å². The summed E-state index contributed by atoms with van der Waals surface area (Å²) >= 11 is 0. The summed E-state index contributed by atoms with van der Waals surface area (Å²) in [5.74, 6) is 1.74. The summed E-state index contributed by atoms with van der Waals surface area (Å²) in [6, 6.07) is 3.82. The quantitative estimate of drug-likeness (QED) is 0.567. The molecule has 1 saturated carbocycles. The van der Waals surface area contributed by atoms with Gasteiger partial charge in [-0.2, -0.15) is 0 Å². The maximum absolute atomic E-state index is 11.6. The Morgan fingerprint density at radius 2 is 2.07 bits per heavy atom. The van der Waals surface area contributed by atoms with E-state index in [1.54, 1.807) is 6.20 Å². The minimum absolute atomic E-state index is 0.0720. The highest BCUT2D eigenvalue weighted by atomic mass is 32.2. The Morgan fingerprint density at radius 1 is 1.26 bits per heavy atom. The second-order valence-electron chi connectivity index (χ2n) is 7.32. The number of ether oxygens (including phenoxy) is 1. The third-order valence-corrected chi connectivity index (χ3v) is 6.74. The van der Waals surface area contributed by atoms with Crippen molar-refractivity contribution in [3.8, 4) is 5.88 Å². The van der Waals surface area contributed by atoms with Gasteiger partial charge in [-0.25, -0.2) is 18.4 Å².